The van der Waals surface area contributed by atoms with Crippen LogP contribution in [0.4, 0.5) is 0 Å². The summed E-state index contributed by atoms with van der Waals surface area (Å²) in [5, 5.41) is 7.80. The number of rotatable bonds is 4. The Bertz CT molecular complexity index is 1100. The lowest BCUT2D eigenvalue weighted by Gasteiger charge is -2.00. The van der Waals surface area contributed by atoms with Gasteiger partial charge in [-0.05, 0) is 31.5 Å². The summed E-state index contributed by atoms with van der Waals surface area (Å²) in [6, 6.07) is 18.3. The topological polar surface area (TPSA) is 42.8 Å². The van der Waals surface area contributed by atoms with Crippen LogP contribution in [0.3, 0.4) is 0 Å². The Labute approximate surface area is 155 Å². The largest absolute Gasteiger partial charge is 0.454 e. The first-order valence-corrected chi connectivity index (χ1v) is 9.43. The summed E-state index contributed by atoms with van der Waals surface area (Å²) in [6.07, 6.45) is 1.85. The number of para-hydroxylation sites is 1. The van der Waals surface area contributed by atoms with E-state index in [2.05, 4.69) is 41.3 Å². The maximum Gasteiger partial charge on any atom is 0.206 e. The van der Waals surface area contributed by atoms with Crippen molar-refractivity contribution in [2.45, 2.75) is 13.8 Å². The molecular weight excluding hydrogens is 342 g/mol. The minimum Gasteiger partial charge on any atom is -0.454 e. The van der Waals surface area contributed by atoms with E-state index in [1.54, 1.807) is 11.3 Å². The molecule has 26 heavy (non-hydrogen) atoms. The molecule has 0 bridgehead atoms. The summed E-state index contributed by atoms with van der Waals surface area (Å²) in [5.41, 5.74) is 4.06. The van der Waals surface area contributed by atoms with Crippen molar-refractivity contribution in [1.82, 2.24) is 4.68 Å². The van der Waals surface area contributed by atoms with Gasteiger partial charge in [-0.3, -0.25) is 4.99 Å². The second-order valence-electron chi connectivity index (χ2n) is 5.99. The van der Waals surface area contributed by atoms with Gasteiger partial charge in [0.05, 0.1) is 6.21 Å². The van der Waals surface area contributed by atoms with Crippen LogP contribution >= 0.6 is 11.3 Å². The zero-order valence-corrected chi connectivity index (χ0v) is 15.5. The van der Waals surface area contributed by atoms with Crippen molar-refractivity contribution in [1.29, 1.82) is 0 Å². The Morgan fingerprint density at radius 3 is 2.69 bits per heavy atom. The molecule has 0 aliphatic carbocycles. The molecular formula is C21H19N3OS. The summed E-state index contributed by atoms with van der Waals surface area (Å²) >= 11 is 1.57. The van der Waals surface area contributed by atoms with Crippen LogP contribution in [0.15, 0.2) is 74.5 Å². The van der Waals surface area contributed by atoms with Crippen LogP contribution in [0, 0.1) is 6.92 Å². The van der Waals surface area contributed by atoms with E-state index in [0.717, 1.165) is 32.8 Å². The molecule has 4 rings (SSSR count). The fraction of sp³-hybridized carbons (Fsp3) is 0.143. The van der Waals surface area contributed by atoms with Gasteiger partial charge in [-0.1, -0.05) is 48.0 Å². The van der Waals surface area contributed by atoms with Crippen molar-refractivity contribution in [3.63, 3.8) is 0 Å². The molecule has 0 N–H and O–H groups in total. The number of nitrogens with zero attached hydrogens (tertiary/aromatic N) is 3. The van der Waals surface area contributed by atoms with Crippen LogP contribution in [0.1, 0.15) is 18.1 Å². The molecule has 0 atom stereocenters. The predicted molar refractivity (Wildman–Crippen MR) is 108 cm³/mol. The van der Waals surface area contributed by atoms with Crippen molar-refractivity contribution >= 4 is 28.5 Å². The molecule has 0 amide bonds. The van der Waals surface area contributed by atoms with Crippen molar-refractivity contribution in [3.05, 3.63) is 75.9 Å². The number of aryl methyl sites for hydroxylation is 1. The van der Waals surface area contributed by atoms with Gasteiger partial charge in [0.1, 0.15) is 11.3 Å². The smallest absolute Gasteiger partial charge is 0.206 e. The van der Waals surface area contributed by atoms with Gasteiger partial charge >= 0.3 is 0 Å². The zero-order chi connectivity index (χ0) is 17.9. The first kappa shape index (κ1) is 16.5. The second kappa shape index (κ2) is 7.14. The highest BCUT2D eigenvalue weighted by atomic mass is 32.1. The van der Waals surface area contributed by atoms with E-state index in [1.807, 2.05) is 53.5 Å². The number of furan rings is 1. The van der Waals surface area contributed by atoms with Gasteiger partial charge in [-0.25, -0.2) is 4.68 Å². The lowest BCUT2D eigenvalue weighted by atomic mass is 10.2. The lowest BCUT2D eigenvalue weighted by molar-refractivity contribution is 0.621. The van der Waals surface area contributed by atoms with Gasteiger partial charge in [-0.15, -0.1) is 11.3 Å². The summed E-state index contributed by atoms with van der Waals surface area (Å²) < 4.78 is 7.88. The first-order valence-electron chi connectivity index (χ1n) is 8.55. The predicted octanol–water partition coefficient (Wildman–Crippen LogP) is 5.07. The van der Waals surface area contributed by atoms with Gasteiger partial charge in [0.2, 0.25) is 4.80 Å². The van der Waals surface area contributed by atoms with Gasteiger partial charge in [0.25, 0.3) is 0 Å². The molecule has 0 spiro atoms. The van der Waals surface area contributed by atoms with Crippen molar-refractivity contribution < 1.29 is 4.42 Å². The molecule has 130 valence electrons. The molecule has 0 saturated carbocycles. The van der Waals surface area contributed by atoms with Crippen LogP contribution < -0.4 is 4.80 Å². The Morgan fingerprint density at radius 1 is 1.12 bits per heavy atom. The van der Waals surface area contributed by atoms with Gasteiger partial charge in [-0.2, -0.15) is 5.10 Å². The van der Waals surface area contributed by atoms with Crippen LogP contribution in [-0.4, -0.2) is 17.4 Å². The minimum atomic E-state index is 0.708. The fourth-order valence-corrected chi connectivity index (χ4v) is 3.59. The molecule has 5 heteroatoms. The van der Waals surface area contributed by atoms with E-state index in [-0.39, 0.29) is 0 Å². The molecule has 0 aliphatic heterocycles. The lowest BCUT2D eigenvalue weighted by Crippen LogP contribution is -2.12. The Balaban J connectivity index is 1.80. The molecule has 4 nitrogen and oxygen atoms in total. The number of hydrogen-bond acceptors (Lipinski definition) is 4. The maximum absolute atomic E-state index is 6.02. The van der Waals surface area contributed by atoms with E-state index in [1.165, 1.54) is 5.56 Å². The fourth-order valence-electron chi connectivity index (χ4n) is 2.71. The highest BCUT2D eigenvalue weighted by Crippen LogP contribution is 2.28. The molecule has 0 aliphatic rings. The quantitative estimate of drug-likeness (QED) is 0.468. The third-order valence-electron chi connectivity index (χ3n) is 4.06. The molecule has 0 unspecified atom stereocenters. The third-order valence-corrected chi connectivity index (χ3v) is 4.91. The van der Waals surface area contributed by atoms with Crippen LogP contribution in [0.25, 0.3) is 22.4 Å². The molecule has 0 saturated heterocycles. The number of thiazole rings is 1. The third kappa shape index (κ3) is 3.26. The molecule has 2 heterocycles. The van der Waals surface area contributed by atoms with Crippen molar-refractivity contribution in [2.75, 3.05) is 6.54 Å². The monoisotopic (exact) mass is 361 g/mol. The summed E-state index contributed by atoms with van der Waals surface area (Å²) in [5.74, 6) is 0.793. The minimum absolute atomic E-state index is 0.708. The molecule has 2 aromatic carbocycles. The van der Waals surface area contributed by atoms with E-state index in [4.69, 9.17) is 4.42 Å². The number of benzene rings is 2. The van der Waals surface area contributed by atoms with Gasteiger partial charge < -0.3 is 4.42 Å². The second-order valence-corrected chi connectivity index (χ2v) is 6.83. The average molecular weight is 361 g/mol. The Kier molecular flexibility index (Phi) is 4.54. The van der Waals surface area contributed by atoms with Crippen LogP contribution in [-0.2, 0) is 0 Å². The number of aromatic nitrogens is 1. The van der Waals surface area contributed by atoms with Crippen LogP contribution in [0.2, 0.25) is 0 Å². The van der Waals surface area contributed by atoms with E-state index < -0.39 is 0 Å². The van der Waals surface area contributed by atoms with Crippen molar-refractivity contribution in [2.24, 2.45) is 10.1 Å². The van der Waals surface area contributed by atoms with E-state index >= 15 is 0 Å². The number of hydrogen-bond donors (Lipinski definition) is 0. The summed E-state index contributed by atoms with van der Waals surface area (Å²) in [4.78, 5) is 5.41. The molecule has 0 fully saturated rings. The summed E-state index contributed by atoms with van der Waals surface area (Å²) in [7, 11) is 0. The van der Waals surface area contributed by atoms with Gasteiger partial charge in [0, 0.05) is 17.3 Å². The van der Waals surface area contributed by atoms with Crippen molar-refractivity contribution in [3.8, 4) is 11.5 Å². The van der Waals surface area contributed by atoms with Crippen LogP contribution in [0.5, 0.6) is 0 Å². The SMILES string of the molecule is CCN=c1scc(-c2cc3ccccc3o2)n1N=Cc1ccc(C)cc1. The first-order chi connectivity index (χ1) is 12.7. The molecule has 4 aromatic rings. The Morgan fingerprint density at radius 2 is 1.92 bits per heavy atom. The number of fused-ring (bicyclic) bond motifs is 1. The standard InChI is InChI=1S/C21H19N3OS/c1-3-22-21-24(23-13-16-10-8-15(2)9-11-16)18(14-26-21)20-12-17-6-4-5-7-19(17)25-20/h4-14H,3H2,1-2H3. The maximum atomic E-state index is 6.02. The Hall–Kier alpha value is -2.92. The highest BCUT2D eigenvalue weighted by molar-refractivity contribution is 7.07. The zero-order valence-electron chi connectivity index (χ0n) is 14.7. The summed E-state index contributed by atoms with van der Waals surface area (Å²) in [6.45, 7) is 4.81. The molecule has 2 aromatic heterocycles. The highest BCUT2D eigenvalue weighted by Gasteiger charge is 2.12. The normalized spacial score (nSPS) is 12.5. The van der Waals surface area contributed by atoms with Gasteiger partial charge in [0.15, 0.2) is 5.76 Å². The van der Waals surface area contributed by atoms with E-state index in [0.29, 0.717) is 6.54 Å². The molecule has 0 radical (unpaired) electrons. The van der Waals surface area contributed by atoms with E-state index in [9.17, 15) is 0 Å². The average Bonchev–Trinajstić information content (AvgIpc) is 3.25.